The molecule has 180 valence electrons. The van der Waals surface area contributed by atoms with Crippen LogP contribution in [-0.4, -0.2) is 49.7 Å². The first-order valence-electron chi connectivity index (χ1n) is 12.2. The molecule has 6 heteroatoms. The number of thioether (sulfide) groups is 1. The minimum Gasteiger partial charge on any atom is -0.373 e. The third-order valence-corrected chi connectivity index (χ3v) is 7.12. The van der Waals surface area contributed by atoms with Crippen LogP contribution in [0, 0.1) is 0 Å². The quantitative estimate of drug-likeness (QED) is 0.375. The third-order valence-electron chi connectivity index (χ3n) is 5.97. The second-order valence-corrected chi connectivity index (χ2v) is 9.70. The zero-order valence-corrected chi connectivity index (χ0v) is 20.5. The van der Waals surface area contributed by atoms with Crippen LogP contribution in [0.15, 0.2) is 65.6 Å². The van der Waals surface area contributed by atoms with Crippen LogP contribution in [-0.2, 0) is 23.7 Å². The molecule has 0 saturated carbocycles. The lowest BCUT2D eigenvalue weighted by atomic mass is 9.98. The Kier molecular flexibility index (Phi) is 9.65. The number of unbranched alkanes of at least 4 members (excludes halogenated alkanes) is 2. The normalized spacial score (nSPS) is 29.5. The van der Waals surface area contributed by atoms with E-state index in [0.717, 1.165) is 36.1 Å². The van der Waals surface area contributed by atoms with Crippen molar-refractivity contribution in [2.24, 2.45) is 0 Å². The monoisotopic (exact) mass is 472 g/mol. The lowest BCUT2D eigenvalue weighted by molar-refractivity contribution is -0.327. The number of ether oxygens (including phenoxy) is 5. The Bertz CT molecular complexity index is 805. The van der Waals surface area contributed by atoms with Crippen molar-refractivity contribution in [3.8, 4) is 0 Å². The van der Waals surface area contributed by atoms with E-state index in [1.807, 2.05) is 48.5 Å². The molecule has 0 bridgehead atoms. The summed E-state index contributed by atoms with van der Waals surface area (Å²) < 4.78 is 32.1. The Morgan fingerprint density at radius 2 is 1.45 bits per heavy atom. The molecule has 2 aliphatic rings. The van der Waals surface area contributed by atoms with E-state index >= 15 is 0 Å². The molecule has 2 heterocycles. The second kappa shape index (κ2) is 12.9. The molecule has 0 unspecified atom stereocenters. The molecule has 4 rings (SSSR count). The Labute approximate surface area is 202 Å². The number of fused-ring (bicyclic) bond motifs is 1. The van der Waals surface area contributed by atoms with Gasteiger partial charge in [-0.05, 0) is 25.0 Å². The first-order valence-corrected chi connectivity index (χ1v) is 13.1. The van der Waals surface area contributed by atoms with E-state index in [1.54, 1.807) is 11.8 Å². The van der Waals surface area contributed by atoms with E-state index in [1.165, 1.54) is 0 Å². The first kappa shape index (κ1) is 24.7. The summed E-state index contributed by atoms with van der Waals surface area (Å²) in [6.45, 7) is 6.18. The maximum Gasteiger partial charge on any atom is 0.184 e. The van der Waals surface area contributed by atoms with Gasteiger partial charge in [0.1, 0.15) is 29.9 Å². The Morgan fingerprint density at radius 3 is 2.12 bits per heavy atom. The Balaban J connectivity index is 1.56. The van der Waals surface area contributed by atoms with E-state index in [2.05, 4.69) is 26.0 Å². The van der Waals surface area contributed by atoms with Gasteiger partial charge in [-0.1, -0.05) is 87.0 Å². The molecule has 6 atom stereocenters. The first-order chi connectivity index (χ1) is 16.3. The van der Waals surface area contributed by atoms with E-state index in [-0.39, 0.29) is 29.9 Å². The Hall–Kier alpha value is -1.41. The molecule has 2 aromatic rings. The minimum absolute atomic E-state index is 0.197. The largest absolute Gasteiger partial charge is 0.373 e. The Morgan fingerprint density at radius 1 is 0.818 bits per heavy atom. The van der Waals surface area contributed by atoms with Gasteiger partial charge in [-0.3, -0.25) is 0 Å². The fourth-order valence-electron chi connectivity index (χ4n) is 4.15. The molecular weight excluding hydrogens is 436 g/mol. The van der Waals surface area contributed by atoms with E-state index < -0.39 is 6.29 Å². The molecule has 2 saturated heterocycles. The molecule has 0 radical (unpaired) electrons. The van der Waals surface area contributed by atoms with Crippen LogP contribution in [0.3, 0.4) is 0 Å². The van der Waals surface area contributed by atoms with E-state index in [4.69, 9.17) is 23.7 Å². The van der Waals surface area contributed by atoms with Crippen molar-refractivity contribution >= 4 is 11.8 Å². The molecule has 2 aliphatic heterocycles. The average Bonchev–Trinajstić information content (AvgIpc) is 2.86. The highest BCUT2D eigenvalue weighted by Gasteiger charge is 2.51. The maximum atomic E-state index is 6.57. The van der Waals surface area contributed by atoms with Crippen molar-refractivity contribution in [2.75, 3.05) is 19.8 Å². The van der Waals surface area contributed by atoms with Crippen molar-refractivity contribution in [1.82, 2.24) is 0 Å². The van der Waals surface area contributed by atoms with Gasteiger partial charge in [-0.25, -0.2) is 0 Å². The minimum atomic E-state index is -0.428. The average molecular weight is 473 g/mol. The van der Waals surface area contributed by atoms with Gasteiger partial charge in [0.15, 0.2) is 6.29 Å². The predicted octanol–water partition coefficient (Wildman–Crippen LogP) is 5.99. The van der Waals surface area contributed by atoms with E-state index in [0.29, 0.717) is 19.8 Å². The molecule has 0 aliphatic carbocycles. The SMILES string of the molecule is CCCCO[C@@H]1[C@@H](OCCCC)[C@H](Sc2ccccc2)O[C@@H]2CO[C@@H](c3ccccc3)O[C@@H]12. The lowest BCUT2D eigenvalue weighted by Crippen LogP contribution is -2.62. The summed E-state index contributed by atoms with van der Waals surface area (Å²) in [6, 6.07) is 20.4. The van der Waals surface area contributed by atoms with Gasteiger partial charge >= 0.3 is 0 Å². The summed E-state index contributed by atoms with van der Waals surface area (Å²) in [5.74, 6) is 0. The van der Waals surface area contributed by atoms with Gasteiger partial charge in [0.25, 0.3) is 0 Å². The van der Waals surface area contributed by atoms with Gasteiger partial charge in [0.05, 0.1) is 6.61 Å². The van der Waals surface area contributed by atoms with Crippen LogP contribution in [0.1, 0.15) is 51.4 Å². The summed E-state index contributed by atoms with van der Waals surface area (Å²) in [5, 5.41) is 0. The third kappa shape index (κ3) is 6.59. The summed E-state index contributed by atoms with van der Waals surface area (Å²) in [6.07, 6.45) is 2.84. The molecule has 0 N–H and O–H groups in total. The molecule has 0 amide bonds. The highest BCUT2D eigenvalue weighted by atomic mass is 32.2. The van der Waals surface area contributed by atoms with Crippen LogP contribution in [0.2, 0.25) is 0 Å². The van der Waals surface area contributed by atoms with Gasteiger partial charge in [-0.2, -0.15) is 0 Å². The van der Waals surface area contributed by atoms with Gasteiger partial charge < -0.3 is 23.7 Å². The topological polar surface area (TPSA) is 46.2 Å². The number of benzene rings is 2. The van der Waals surface area contributed by atoms with Crippen molar-refractivity contribution in [1.29, 1.82) is 0 Å². The molecule has 0 aromatic heterocycles. The molecular formula is C27H36O5S. The van der Waals surface area contributed by atoms with Gasteiger partial charge in [0, 0.05) is 23.7 Å². The zero-order chi connectivity index (χ0) is 22.9. The van der Waals surface area contributed by atoms with Crippen LogP contribution in [0.5, 0.6) is 0 Å². The van der Waals surface area contributed by atoms with Crippen molar-refractivity contribution in [3.63, 3.8) is 0 Å². The van der Waals surface area contributed by atoms with Crippen LogP contribution in [0.4, 0.5) is 0 Å². The fraction of sp³-hybridized carbons (Fsp3) is 0.556. The molecule has 0 spiro atoms. The van der Waals surface area contributed by atoms with Gasteiger partial charge in [-0.15, -0.1) is 0 Å². The summed E-state index contributed by atoms with van der Waals surface area (Å²) in [4.78, 5) is 1.15. The number of hydrogen-bond donors (Lipinski definition) is 0. The summed E-state index contributed by atoms with van der Waals surface area (Å²) in [5.41, 5.74) is 0.810. The predicted molar refractivity (Wildman–Crippen MR) is 130 cm³/mol. The van der Waals surface area contributed by atoms with Crippen molar-refractivity contribution < 1.29 is 23.7 Å². The maximum absolute atomic E-state index is 6.57. The van der Waals surface area contributed by atoms with Crippen LogP contribution >= 0.6 is 11.8 Å². The van der Waals surface area contributed by atoms with Gasteiger partial charge in [0.2, 0.25) is 0 Å². The number of hydrogen-bond acceptors (Lipinski definition) is 6. The standard InChI is InChI=1S/C27H36O5S/c1-3-5-17-28-24-23-22(19-30-26(32-23)20-13-9-7-10-14-20)31-27(25(24)29-18-6-4-2)33-21-15-11-8-12-16-21/h7-16,22-27H,3-6,17-19H2,1-2H3/t22-,23-,24+,25-,26-,27+/m1/s1. The highest BCUT2D eigenvalue weighted by Crippen LogP contribution is 2.41. The van der Waals surface area contributed by atoms with Crippen molar-refractivity contribution in [2.45, 2.75) is 80.6 Å². The van der Waals surface area contributed by atoms with E-state index in [9.17, 15) is 0 Å². The van der Waals surface area contributed by atoms with Crippen LogP contribution < -0.4 is 0 Å². The van der Waals surface area contributed by atoms with Crippen molar-refractivity contribution in [3.05, 3.63) is 66.2 Å². The molecule has 33 heavy (non-hydrogen) atoms. The molecule has 2 aromatic carbocycles. The smallest absolute Gasteiger partial charge is 0.184 e. The molecule has 5 nitrogen and oxygen atoms in total. The van der Waals surface area contributed by atoms with Crippen LogP contribution in [0.25, 0.3) is 0 Å². The summed E-state index contributed by atoms with van der Waals surface area (Å²) >= 11 is 1.69. The summed E-state index contributed by atoms with van der Waals surface area (Å²) in [7, 11) is 0. The molecule has 2 fully saturated rings. The highest BCUT2D eigenvalue weighted by molar-refractivity contribution is 7.99. The second-order valence-electron chi connectivity index (χ2n) is 8.53. The zero-order valence-electron chi connectivity index (χ0n) is 19.6. The number of rotatable bonds is 11. The fourth-order valence-corrected chi connectivity index (χ4v) is 5.30. The lowest BCUT2D eigenvalue weighted by Gasteiger charge is -2.49.